The van der Waals surface area contributed by atoms with Crippen molar-refractivity contribution in [3.8, 4) is 16.9 Å². The zero-order valence-electron chi connectivity index (χ0n) is 9.17. The van der Waals surface area contributed by atoms with Gasteiger partial charge in [-0.1, -0.05) is 30.3 Å². The molecule has 0 aliphatic carbocycles. The molecular formula is C15H11NO. The number of nitrogens with zero attached hydrogens (tertiary/aromatic N) is 1. The van der Waals surface area contributed by atoms with Gasteiger partial charge >= 0.3 is 0 Å². The summed E-state index contributed by atoms with van der Waals surface area (Å²) in [5.41, 5.74) is 3.03. The molecule has 2 aromatic carbocycles. The Kier molecular flexibility index (Phi) is 2.26. The van der Waals surface area contributed by atoms with Gasteiger partial charge < -0.3 is 5.11 Å². The first-order valence-electron chi connectivity index (χ1n) is 5.47. The van der Waals surface area contributed by atoms with E-state index in [4.69, 9.17) is 0 Å². The van der Waals surface area contributed by atoms with E-state index in [1.807, 2.05) is 42.5 Å². The number of phenolic OH excluding ortho intramolecular Hbond substituents is 1. The summed E-state index contributed by atoms with van der Waals surface area (Å²) in [5.74, 6) is 0.281. The van der Waals surface area contributed by atoms with Gasteiger partial charge in [-0.05, 0) is 35.4 Å². The molecule has 2 nitrogen and oxygen atoms in total. The molecule has 82 valence electrons. The van der Waals surface area contributed by atoms with Crippen molar-refractivity contribution in [3.05, 3.63) is 60.8 Å². The van der Waals surface area contributed by atoms with E-state index in [0.717, 1.165) is 22.0 Å². The largest absolute Gasteiger partial charge is 0.508 e. The highest BCUT2D eigenvalue weighted by Gasteiger charge is 2.00. The normalized spacial score (nSPS) is 10.6. The first-order valence-corrected chi connectivity index (χ1v) is 5.47. The van der Waals surface area contributed by atoms with Crippen LogP contribution < -0.4 is 0 Å². The Hall–Kier alpha value is -2.35. The number of pyridine rings is 1. The van der Waals surface area contributed by atoms with Crippen molar-refractivity contribution in [3.63, 3.8) is 0 Å². The maximum absolute atomic E-state index is 9.47. The van der Waals surface area contributed by atoms with Crippen LogP contribution in [0.15, 0.2) is 60.8 Å². The summed E-state index contributed by atoms with van der Waals surface area (Å²) in [4.78, 5) is 4.33. The van der Waals surface area contributed by atoms with E-state index in [-0.39, 0.29) is 5.75 Å². The lowest BCUT2D eigenvalue weighted by atomic mass is 10.0. The molecule has 0 radical (unpaired) electrons. The number of hydrogen-bond donors (Lipinski definition) is 1. The monoisotopic (exact) mass is 221 g/mol. The van der Waals surface area contributed by atoms with Crippen molar-refractivity contribution < 1.29 is 5.11 Å². The van der Waals surface area contributed by atoms with Gasteiger partial charge in [0, 0.05) is 11.6 Å². The lowest BCUT2D eigenvalue weighted by molar-refractivity contribution is 0.475. The van der Waals surface area contributed by atoms with Crippen molar-refractivity contribution in [2.75, 3.05) is 0 Å². The van der Waals surface area contributed by atoms with Crippen LogP contribution in [0.2, 0.25) is 0 Å². The van der Waals surface area contributed by atoms with Crippen molar-refractivity contribution in [2.24, 2.45) is 0 Å². The van der Waals surface area contributed by atoms with Gasteiger partial charge in [0.15, 0.2) is 0 Å². The Morgan fingerprint density at radius 1 is 0.824 bits per heavy atom. The number of rotatable bonds is 1. The van der Waals surface area contributed by atoms with Gasteiger partial charge in [0.05, 0.1) is 5.52 Å². The Labute approximate surface area is 99.2 Å². The minimum Gasteiger partial charge on any atom is -0.508 e. The highest BCUT2D eigenvalue weighted by molar-refractivity contribution is 5.84. The third-order valence-corrected chi connectivity index (χ3v) is 2.79. The Balaban J connectivity index is 2.18. The van der Waals surface area contributed by atoms with E-state index in [1.54, 1.807) is 18.3 Å². The third kappa shape index (κ3) is 1.85. The number of aromatic hydroxyl groups is 1. The van der Waals surface area contributed by atoms with Crippen molar-refractivity contribution in [2.45, 2.75) is 0 Å². The van der Waals surface area contributed by atoms with Gasteiger partial charge in [0.2, 0.25) is 0 Å². The lowest BCUT2D eigenvalue weighted by Crippen LogP contribution is -1.81. The Morgan fingerprint density at radius 2 is 1.71 bits per heavy atom. The van der Waals surface area contributed by atoms with Crippen LogP contribution in [0.25, 0.3) is 22.0 Å². The highest BCUT2D eigenvalue weighted by atomic mass is 16.3. The second-order valence-electron chi connectivity index (χ2n) is 3.96. The highest BCUT2D eigenvalue weighted by Crippen LogP contribution is 2.25. The SMILES string of the molecule is Oc1cccc(-c2ccc3cccnc3c2)c1. The molecule has 3 aromatic rings. The minimum absolute atomic E-state index is 0.281. The summed E-state index contributed by atoms with van der Waals surface area (Å²) in [5, 5.41) is 10.6. The maximum atomic E-state index is 9.47. The molecule has 0 spiro atoms. The first-order chi connectivity index (χ1) is 8.33. The summed E-state index contributed by atoms with van der Waals surface area (Å²) >= 11 is 0. The fourth-order valence-electron chi connectivity index (χ4n) is 1.93. The van der Waals surface area contributed by atoms with Crippen LogP contribution in [0.5, 0.6) is 5.75 Å². The van der Waals surface area contributed by atoms with Crippen molar-refractivity contribution >= 4 is 10.9 Å². The van der Waals surface area contributed by atoms with E-state index in [1.165, 1.54) is 0 Å². The molecular weight excluding hydrogens is 210 g/mol. The number of aromatic nitrogens is 1. The standard InChI is InChI=1S/C15H11NO/c17-14-5-1-3-12(9-14)13-7-6-11-4-2-8-16-15(11)10-13/h1-10,17H. The van der Waals surface area contributed by atoms with E-state index in [2.05, 4.69) is 4.98 Å². The van der Waals surface area contributed by atoms with Crippen LogP contribution in [-0.4, -0.2) is 10.1 Å². The van der Waals surface area contributed by atoms with Crippen LogP contribution >= 0.6 is 0 Å². The average Bonchev–Trinajstić information content (AvgIpc) is 2.38. The van der Waals surface area contributed by atoms with Crippen LogP contribution in [0.4, 0.5) is 0 Å². The molecule has 3 rings (SSSR count). The van der Waals surface area contributed by atoms with Crippen LogP contribution in [-0.2, 0) is 0 Å². The van der Waals surface area contributed by atoms with Crippen molar-refractivity contribution in [1.82, 2.24) is 4.98 Å². The van der Waals surface area contributed by atoms with Crippen molar-refractivity contribution in [1.29, 1.82) is 0 Å². The molecule has 1 aromatic heterocycles. The topological polar surface area (TPSA) is 33.1 Å². The summed E-state index contributed by atoms with van der Waals surface area (Å²) in [6.45, 7) is 0. The van der Waals surface area contributed by atoms with Gasteiger partial charge in [-0.25, -0.2) is 0 Å². The van der Waals surface area contributed by atoms with Gasteiger partial charge in [0.1, 0.15) is 5.75 Å². The zero-order valence-corrected chi connectivity index (χ0v) is 9.17. The number of fused-ring (bicyclic) bond motifs is 1. The molecule has 0 fully saturated rings. The molecule has 0 atom stereocenters. The smallest absolute Gasteiger partial charge is 0.116 e. The summed E-state index contributed by atoms with van der Waals surface area (Å²) in [6, 6.07) is 17.3. The lowest BCUT2D eigenvalue weighted by Gasteiger charge is -2.04. The maximum Gasteiger partial charge on any atom is 0.116 e. The molecule has 0 aliphatic heterocycles. The van der Waals surface area contributed by atoms with Gasteiger partial charge in [0.25, 0.3) is 0 Å². The predicted molar refractivity (Wildman–Crippen MR) is 68.8 cm³/mol. The summed E-state index contributed by atoms with van der Waals surface area (Å²) < 4.78 is 0. The second kappa shape index (κ2) is 3.91. The molecule has 17 heavy (non-hydrogen) atoms. The molecule has 1 heterocycles. The van der Waals surface area contributed by atoms with Crippen LogP contribution in [0, 0.1) is 0 Å². The van der Waals surface area contributed by atoms with Gasteiger partial charge in [-0.3, -0.25) is 4.98 Å². The van der Waals surface area contributed by atoms with E-state index >= 15 is 0 Å². The van der Waals surface area contributed by atoms with Gasteiger partial charge in [-0.2, -0.15) is 0 Å². The molecule has 0 aliphatic rings. The molecule has 0 saturated carbocycles. The molecule has 1 N–H and O–H groups in total. The summed E-state index contributed by atoms with van der Waals surface area (Å²) in [6.07, 6.45) is 1.79. The predicted octanol–water partition coefficient (Wildman–Crippen LogP) is 3.61. The fourth-order valence-corrected chi connectivity index (χ4v) is 1.93. The first kappa shape index (κ1) is 9.85. The number of phenols is 1. The quantitative estimate of drug-likeness (QED) is 0.681. The fraction of sp³-hybridized carbons (Fsp3) is 0. The van der Waals surface area contributed by atoms with E-state index in [0.29, 0.717) is 0 Å². The third-order valence-electron chi connectivity index (χ3n) is 2.79. The van der Waals surface area contributed by atoms with Crippen LogP contribution in [0.3, 0.4) is 0 Å². The molecule has 0 amide bonds. The zero-order chi connectivity index (χ0) is 11.7. The van der Waals surface area contributed by atoms with E-state index in [9.17, 15) is 5.11 Å². The van der Waals surface area contributed by atoms with Crippen LogP contribution in [0.1, 0.15) is 0 Å². The number of hydrogen-bond acceptors (Lipinski definition) is 2. The Morgan fingerprint density at radius 3 is 2.59 bits per heavy atom. The average molecular weight is 221 g/mol. The molecule has 0 bridgehead atoms. The minimum atomic E-state index is 0.281. The molecule has 0 saturated heterocycles. The number of benzene rings is 2. The summed E-state index contributed by atoms with van der Waals surface area (Å²) in [7, 11) is 0. The van der Waals surface area contributed by atoms with Gasteiger partial charge in [-0.15, -0.1) is 0 Å². The van der Waals surface area contributed by atoms with E-state index < -0.39 is 0 Å². The molecule has 2 heteroatoms. The second-order valence-corrected chi connectivity index (χ2v) is 3.96. The Bertz CT molecular complexity index is 676. The molecule has 0 unspecified atom stereocenters.